The molecule has 0 bridgehead atoms. The van der Waals surface area contributed by atoms with Crippen LogP contribution in [0.25, 0.3) is 0 Å². The van der Waals surface area contributed by atoms with E-state index in [1.54, 1.807) is 30.3 Å². The van der Waals surface area contributed by atoms with Gasteiger partial charge in [-0.3, -0.25) is 20.4 Å². The van der Waals surface area contributed by atoms with Crippen LogP contribution in [0.15, 0.2) is 42.5 Å². The van der Waals surface area contributed by atoms with Crippen LogP contribution in [0, 0.1) is 13.8 Å². The number of hydrazine groups is 1. The maximum Gasteiger partial charge on any atom is 0.276 e. The molecule has 0 atom stereocenters. The highest BCUT2D eigenvalue weighted by Gasteiger charge is 2.14. The van der Waals surface area contributed by atoms with Gasteiger partial charge in [0, 0.05) is 0 Å². The van der Waals surface area contributed by atoms with E-state index < -0.39 is 11.8 Å². The van der Waals surface area contributed by atoms with Crippen molar-refractivity contribution in [1.29, 1.82) is 0 Å². The average molecular weight is 356 g/mol. The molecule has 2 rings (SSSR count). The molecule has 0 unspecified atom stereocenters. The van der Waals surface area contributed by atoms with Gasteiger partial charge in [0.05, 0.1) is 11.7 Å². The predicted molar refractivity (Wildman–Crippen MR) is 99.2 cm³/mol. The molecule has 2 aromatic carbocycles. The van der Waals surface area contributed by atoms with E-state index in [9.17, 15) is 9.59 Å². The molecule has 0 heterocycles. The van der Waals surface area contributed by atoms with Gasteiger partial charge in [0.25, 0.3) is 11.8 Å². The number of ether oxygens (including phenoxy) is 2. The first kappa shape index (κ1) is 19.3. The average Bonchev–Trinajstić information content (AvgIpc) is 2.60. The van der Waals surface area contributed by atoms with E-state index in [2.05, 4.69) is 10.9 Å². The van der Waals surface area contributed by atoms with Crippen molar-refractivity contribution in [2.75, 3.05) is 6.61 Å². The van der Waals surface area contributed by atoms with Gasteiger partial charge in [-0.2, -0.15) is 0 Å². The van der Waals surface area contributed by atoms with Crippen LogP contribution in [-0.4, -0.2) is 24.5 Å². The van der Waals surface area contributed by atoms with Crippen LogP contribution < -0.4 is 20.3 Å². The van der Waals surface area contributed by atoms with E-state index in [0.29, 0.717) is 17.1 Å². The summed E-state index contributed by atoms with van der Waals surface area (Å²) in [7, 11) is 0. The second-order valence-electron chi connectivity index (χ2n) is 6.20. The molecule has 0 spiro atoms. The Kier molecular flexibility index (Phi) is 6.60. The summed E-state index contributed by atoms with van der Waals surface area (Å²) in [5.74, 6) is 0.144. The Labute approximate surface area is 153 Å². The molecule has 0 aliphatic heterocycles. The molecule has 2 amide bonds. The maximum atomic E-state index is 12.3. The molecule has 138 valence electrons. The molecule has 0 aliphatic rings. The highest BCUT2D eigenvalue weighted by molar-refractivity contribution is 5.97. The largest absolute Gasteiger partial charge is 0.490 e. The SMILES string of the molecule is Cc1ccc(OCC(=O)NNC(=O)c2ccccc2OC(C)C)cc1C. The second-order valence-corrected chi connectivity index (χ2v) is 6.20. The highest BCUT2D eigenvalue weighted by atomic mass is 16.5. The first-order valence-electron chi connectivity index (χ1n) is 8.41. The van der Waals surface area contributed by atoms with E-state index in [0.717, 1.165) is 11.1 Å². The molecule has 0 saturated heterocycles. The van der Waals surface area contributed by atoms with Crippen molar-refractivity contribution in [2.45, 2.75) is 33.8 Å². The minimum atomic E-state index is -0.459. The Morgan fingerprint density at radius 1 is 1.00 bits per heavy atom. The van der Waals surface area contributed by atoms with E-state index in [-0.39, 0.29) is 12.7 Å². The minimum Gasteiger partial charge on any atom is -0.490 e. The van der Waals surface area contributed by atoms with Gasteiger partial charge in [0.2, 0.25) is 0 Å². The zero-order valence-electron chi connectivity index (χ0n) is 15.5. The van der Waals surface area contributed by atoms with Gasteiger partial charge >= 0.3 is 0 Å². The number of rotatable bonds is 6. The van der Waals surface area contributed by atoms with Crippen molar-refractivity contribution in [1.82, 2.24) is 10.9 Å². The lowest BCUT2D eigenvalue weighted by atomic mass is 10.1. The summed E-state index contributed by atoms with van der Waals surface area (Å²) in [6.07, 6.45) is -0.0649. The first-order chi connectivity index (χ1) is 12.4. The molecule has 0 aromatic heterocycles. The van der Waals surface area contributed by atoms with Crippen molar-refractivity contribution in [3.05, 3.63) is 59.2 Å². The van der Waals surface area contributed by atoms with E-state index in [4.69, 9.17) is 9.47 Å². The fourth-order valence-corrected chi connectivity index (χ4v) is 2.19. The minimum absolute atomic E-state index is 0.0649. The predicted octanol–water partition coefficient (Wildman–Crippen LogP) is 2.93. The van der Waals surface area contributed by atoms with Crippen LogP contribution in [-0.2, 0) is 4.79 Å². The van der Waals surface area contributed by atoms with Crippen LogP contribution in [0.4, 0.5) is 0 Å². The van der Waals surface area contributed by atoms with Gasteiger partial charge in [0.1, 0.15) is 11.5 Å². The zero-order chi connectivity index (χ0) is 19.1. The number of para-hydroxylation sites is 1. The Balaban J connectivity index is 1.87. The van der Waals surface area contributed by atoms with Gasteiger partial charge in [-0.05, 0) is 63.1 Å². The third kappa shape index (κ3) is 5.51. The number of hydrogen-bond donors (Lipinski definition) is 2. The third-order valence-electron chi connectivity index (χ3n) is 3.66. The second kappa shape index (κ2) is 8.89. The topological polar surface area (TPSA) is 76.7 Å². The Morgan fingerprint density at radius 3 is 2.42 bits per heavy atom. The van der Waals surface area contributed by atoms with Gasteiger partial charge < -0.3 is 9.47 Å². The quantitative estimate of drug-likeness (QED) is 0.780. The zero-order valence-corrected chi connectivity index (χ0v) is 15.5. The van der Waals surface area contributed by atoms with Crippen LogP contribution >= 0.6 is 0 Å². The van der Waals surface area contributed by atoms with Gasteiger partial charge in [-0.1, -0.05) is 18.2 Å². The molecule has 6 heteroatoms. The summed E-state index contributed by atoms with van der Waals surface area (Å²) >= 11 is 0. The van der Waals surface area contributed by atoms with E-state index in [1.807, 2.05) is 39.8 Å². The van der Waals surface area contributed by atoms with Crippen molar-refractivity contribution in [3.8, 4) is 11.5 Å². The smallest absolute Gasteiger partial charge is 0.276 e. The molecule has 6 nitrogen and oxygen atoms in total. The molecule has 2 N–H and O–H groups in total. The Hall–Kier alpha value is -3.02. The van der Waals surface area contributed by atoms with Crippen LogP contribution in [0.2, 0.25) is 0 Å². The van der Waals surface area contributed by atoms with Gasteiger partial charge in [-0.15, -0.1) is 0 Å². The van der Waals surface area contributed by atoms with Crippen LogP contribution in [0.1, 0.15) is 35.3 Å². The lowest BCUT2D eigenvalue weighted by molar-refractivity contribution is -0.123. The normalized spacial score (nSPS) is 10.3. The van der Waals surface area contributed by atoms with Gasteiger partial charge in [0.15, 0.2) is 6.61 Å². The fraction of sp³-hybridized carbons (Fsp3) is 0.300. The van der Waals surface area contributed by atoms with Crippen molar-refractivity contribution in [2.24, 2.45) is 0 Å². The molecule has 26 heavy (non-hydrogen) atoms. The van der Waals surface area contributed by atoms with E-state index >= 15 is 0 Å². The number of benzene rings is 2. The van der Waals surface area contributed by atoms with Crippen LogP contribution in [0.3, 0.4) is 0 Å². The number of amides is 2. The molecule has 0 radical (unpaired) electrons. The number of aryl methyl sites for hydroxylation is 2. The van der Waals surface area contributed by atoms with Crippen molar-refractivity contribution in [3.63, 3.8) is 0 Å². The lowest BCUT2D eigenvalue weighted by Crippen LogP contribution is -2.44. The highest BCUT2D eigenvalue weighted by Crippen LogP contribution is 2.19. The summed E-state index contributed by atoms with van der Waals surface area (Å²) in [6, 6.07) is 12.4. The fourth-order valence-electron chi connectivity index (χ4n) is 2.19. The number of carbonyl (C=O) groups is 2. The molecule has 2 aromatic rings. The Bertz CT molecular complexity index is 787. The monoisotopic (exact) mass is 356 g/mol. The number of carbonyl (C=O) groups excluding carboxylic acids is 2. The summed E-state index contributed by atoms with van der Waals surface area (Å²) in [6.45, 7) is 7.52. The summed E-state index contributed by atoms with van der Waals surface area (Å²) in [5, 5.41) is 0. The standard InChI is InChI=1S/C20H24N2O4/c1-13(2)26-18-8-6-5-7-17(18)20(24)22-21-19(23)12-25-16-10-9-14(3)15(4)11-16/h5-11,13H,12H2,1-4H3,(H,21,23)(H,22,24). The molecular weight excluding hydrogens is 332 g/mol. The van der Waals surface area contributed by atoms with Crippen LogP contribution in [0.5, 0.6) is 11.5 Å². The molecule has 0 saturated carbocycles. The number of hydrogen-bond acceptors (Lipinski definition) is 4. The first-order valence-corrected chi connectivity index (χ1v) is 8.41. The van der Waals surface area contributed by atoms with E-state index in [1.165, 1.54) is 0 Å². The maximum absolute atomic E-state index is 12.3. The van der Waals surface area contributed by atoms with Gasteiger partial charge in [-0.25, -0.2) is 0 Å². The molecular formula is C20H24N2O4. The molecule has 0 fully saturated rings. The third-order valence-corrected chi connectivity index (χ3v) is 3.66. The molecule has 0 aliphatic carbocycles. The summed E-state index contributed by atoms with van der Waals surface area (Å²) in [5.41, 5.74) is 7.28. The Morgan fingerprint density at radius 2 is 1.73 bits per heavy atom. The number of nitrogens with one attached hydrogen (secondary N) is 2. The van der Waals surface area contributed by atoms with Crippen molar-refractivity contribution >= 4 is 11.8 Å². The lowest BCUT2D eigenvalue weighted by Gasteiger charge is -2.14. The van der Waals surface area contributed by atoms with Crippen molar-refractivity contribution < 1.29 is 19.1 Å². The summed E-state index contributed by atoms with van der Waals surface area (Å²) in [4.78, 5) is 24.1. The summed E-state index contributed by atoms with van der Waals surface area (Å²) < 4.78 is 11.0.